The first-order valence-electron chi connectivity index (χ1n) is 10.0. The fourth-order valence-corrected chi connectivity index (χ4v) is 4.20. The molecule has 3 aromatic rings. The zero-order valence-electron chi connectivity index (χ0n) is 18.9. The topological polar surface area (TPSA) is 47.8 Å². The normalized spacial score (nSPS) is 12.3. The van der Waals surface area contributed by atoms with E-state index in [0.717, 1.165) is 46.2 Å². The lowest BCUT2D eigenvalue weighted by Crippen LogP contribution is -2.36. The van der Waals surface area contributed by atoms with Crippen molar-refractivity contribution < 1.29 is 9.47 Å². The minimum absolute atomic E-state index is 0.126. The van der Waals surface area contributed by atoms with Crippen LogP contribution in [-0.4, -0.2) is 29.1 Å². The van der Waals surface area contributed by atoms with Gasteiger partial charge in [-0.05, 0) is 62.4 Å². The lowest BCUT2D eigenvalue weighted by Gasteiger charge is -2.34. The van der Waals surface area contributed by atoms with Crippen molar-refractivity contribution in [2.45, 2.75) is 53.5 Å². The molecular formula is C24H33N3O2. The second kappa shape index (κ2) is 7.62. The summed E-state index contributed by atoms with van der Waals surface area (Å²) in [7, 11) is 3.36. The van der Waals surface area contributed by atoms with E-state index in [1.807, 2.05) is 18.2 Å². The second-order valence-electron chi connectivity index (χ2n) is 9.51. The number of ether oxygens (including phenoxy) is 2. The molecule has 5 heteroatoms. The monoisotopic (exact) mass is 395 g/mol. The van der Waals surface area contributed by atoms with E-state index in [4.69, 9.17) is 14.5 Å². The van der Waals surface area contributed by atoms with Crippen LogP contribution >= 0.6 is 0 Å². The molecule has 3 rings (SSSR count). The van der Waals surface area contributed by atoms with Gasteiger partial charge in [-0.3, -0.25) is 4.40 Å². The molecule has 1 N–H and O–H groups in total. The Labute approximate surface area is 174 Å². The van der Waals surface area contributed by atoms with Gasteiger partial charge in [0.05, 0.1) is 14.2 Å². The molecule has 0 aliphatic carbocycles. The van der Waals surface area contributed by atoms with Gasteiger partial charge in [-0.25, -0.2) is 4.98 Å². The molecule has 0 unspecified atom stereocenters. The highest BCUT2D eigenvalue weighted by molar-refractivity contribution is 5.82. The molecule has 5 nitrogen and oxygen atoms in total. The SMILES string of the molecule is COc1ccc(OC)c(-c2nc3c(C)cccn3c2NC(C)(C)CC(C)(C)C)c1. The molecule has 1 aromatic carbocycles. The van der Waals surface area contributed by atoms with Crippen molar-refractivity contribution in [3.63, 3.8) is 0 Å². The number of hydrogen-bond acceptors (Lipinski definition) is 4. The van der Waals surface area contributed by atoms with Crippen molar-refractivity contribution in [3.05, 3.63) is 42.1 Å². The van der Waals surface area contributed by atoms with Gasteiger partial charge in [-0.2, -0.15) is 0 Å². The zero-order chi connectivity index (χ0) is 21.4. The number of aromatic nitrogens is 2. The average molecular weight is 396 g/mol. The first kappa shape index (κ1) is 21.0. The number of benzene rings is 1. The summed E-state index contributed by atoms with van der Waals surface area (Å²) in [5.74, 6) is 2.50. The van der Waals surface area contributed by atoms with Crippen LogP contribution in [0.5, 0.6) is 11.5 Å². The van der Waals surface area contributed by atoms with E-state index in [2.05, 4.69) is 69.6 Å². The maximum Gasteiger partial charge on any atom is 0.142 e. The summed E-state index contributed by atoms with van der Waals surface area (Å²) < 4.78 is 13.3. The van der Waals surface area contributed by atoms with Crippen LogP contribution in [0.4, 0.5) is 5.82 Å². The fraction of sp³-hybridized carbons (Fsp3) is 0.458. The van der Waals surface area contributed by atoms with Gasteiger partial charge in [0.1, 0.15) is 28.7 Å². The van der Waals surface area contributed by atoms with Crippen LogP contribution in [0.15, 0.2) is 36.5 Å². The second-order valence-corrected chi connectivity index (χ2v) is 9.51. The quantitative estimate of drug-likeness (QED) is 0.560. The molecule has 0 aliphatic heterocycles. The van der Waals surface area contributed by atoms with E-state index in [-0.39, 0.29) is 11.0 Å². The Kier molecular flexibility index (Phi) is 5.52. The number of nitrogens with zero attached hydrogens (tertiary/aromatic N) is 2. The highest BCUT2D eigenvalue weighted by atomic mass is 16.5. The highest BCUT2D eigenvalue weighted by Gasteiger charge is 2.29. The summed E-state index contributed by atoms with van der Waals surface area (Å²) in [5, 5.41) is 3.79. The van der Waals surface area contributed by atoms with Gasteiger partial charge in [0.15, 0.2) is 0 Å². The third-order valence-electron chi connectivity index (χ3n) is 4.94. The van der Waals surface area contributed by atoms with Gasteiger partial charge in [-0.15, -0.1) is 0 Å². The summed E-state index contributed by atoms with van der Waals surface area (Å²) in [5.41, 5.74) is 3.89. The molecular weight excluding hydrogens is 362 g/mol. The van der Waals surface area contributed by atoms with Crippen molar-refractivity contribution in [3.8, 4) is 22.8 Å². The van der Waals surface area contributed by atoms with Crippen LogP contribution in [-0.2, 0) is 0 Å². The lowest BCUT2D eigenvalue weighted by atomic mass is 9.82. The summed E-state index contributed by atoms with van der Waals surface area (Å²) >= 11 is 0. The van der Waals surface area contributed by atoms with Crippen LogP contribution in [0.25, 0.3) is 16.9 Å². The van der Waals surface area contributed by atoms with Gasteiger partial charge in [0, 0.05) is 17.3 Å². The highest BCUT2D eigenvalue weighted by Crippen LogP contribution is 2.40. The minimum atomic E-state index is -0.126. The minimum Gasteiger partial charge on any atom is -0.497 e. The van der Waals surface area contributed by atoms with Gasteiger partial charge in [-0.1, -0.05) is 26.8 Å². The average Bonchev–Trinajstić information content (AvgIpc) is 2.98. The Morgan fingerprint density at radius 1 is 1.03 bits per heavy atom. The first-order valence-corrected chi connectivity index (χ1v) is 10.0. The number of rotatable bonds is 6. The van der Waals surface area contributed by atoms with Crippen LogP contribution in [0.1, 0.15) is 46.6 Å². The van der Waals surface area contributed by atoms with Gasteiger partial charge in [0.25, 0.3) is 0 Å². The largest absolute Gasteiger partial charge is 0.497 e. The number of imidazole rings is 1. The summed E-state index contributed by atoms with van der Waals surface area (Å²) in [4.78, 5) is 5.01. The van der Waals surface area contributed by atoms with E-state index in [9.17, 15) is 0 Å². The maximum absolute atomic E-state index is 5.66. The Hall–Kier alpha value is -2.69. The van der Waals surface area contributed by atoms with E-state index in [1.54, 1.807) is 14.2 Å². The number of aryl methyl sites for hydroxylation is 1. The van der Waals surface area contributed by atoms with Gasteiger partial charge in [0.2, 0.25) is 0 Å². The smallest absolute Gasteiger partial charge is 0.142 e. The molecule has 29 heavy (non-hydrogen) atoms. The standard InChI is InChI=1S/C24H33N3O2/c1-16-10-9-13-27-21(16)25-20(18-14-17(28-7)11-12-19(18)29-8)22(27)26-24(5,6)15-23(2,3)4/h9-14,26H,15H2,1-8H3. The van der Waals surface area contributed by atoms with Gasteiger partial charge < -0.3 is 14.8 Å². The Balaban J connectivity index is 2.23. The van der Waals surface area contributed by atoms with Crippen molar-refractivity contribution in [1.82, 2.24) is 9.38 Å². The number of pyridine rings is 1. The number of hydrogen-bond donors (Lipinski definition) is 1. The van der Waals surface area contributed by atoms with E-state index in [1.165, 1.54) is 0 Å². The number of nitrogens with one attached hydrogen (secondary N) is 1. The van der Waals surface area contributed by atoms with Crippen LogP contribution in [0.3, 0.4) is 0 Å². The Bertz CT molecular complexity index is 1010. The third-order valence-corrected chi connectivity index (χ3v) is 4.94. The van der Waals surface area contributed by atoms with Crippen molar-refractivity contribution >= 4 is 11.5 Å². The molecule has 0 atom stereocenters. The van der Waals surface area contributed by atoms with E-state index in [0.29, 0.717) is 0 Å². The van der Waals surface area contributed by atoms with Crippen LogP contribution in [0, 0.1) is 12.3 Å². The third kappa shape index (κ3) is 4.50. The maximum atomic E-state index is 5.66. The lowest BCUT2D eigenvalue weighted by molar-refractivity contribution is 0.302. The molecule has 0 amide bonds. The molecule has 2 aromatic heterocycles. The summed E-state index contributed by atoms with van der Waals surface area (Å²) in [6, 6.07) is 9.95. The molecule has 0 aliphatic rings. The molecule has 0 spiro atoms. The molecule has 0 saturated heterocycles. The number of anilines is 1. The molecule has 0 saturated carbocycles. The van der Waals surface area contributed by atoms with Crippen molar-refractivity contribution in [2.24, 2.45) is 5.41 Å². The van der Waals surface area contributed by atoms with Gasteiger partial charge >= 0.3 is 0 Å². The zero-order valence-corrected chi connectivity index (χ0v) is 18.9. The van der Waals surface area contributed by atoms with E-state index < -0.39 is 0 Å². The molecule has 2 heterocycles. The Morgan fingerprint density at radius 2 is 1.76 bits per heavy atom. The fourth-order valence-electron chi connectivity index (χ4n) is 4.20. The molecule has 0 radical (unpaired) electrons. The van der Waals surface area contributed by atoms with E-state index >= 15 is 0 Å². The van der Waals surface area contributed by atoms with Crippen LogP contribution < -0.4 is 14.8 Å². The Morgan fingerprint density at radius 3 is 2.38 bits per heavy atom. The van der Waals surface area contributed by atoms with Crippen molar-refractivity contribution in [2.75, 3.05) is 19.5 Å². The number of fused-ring (bicyclic) bond motifs is 1. The molecule has 0 bridgehead atoms. The first-order chi connectivity index (χ1) is 13.5. The molecule has 156 valence electrons. The summed E-state index contributed by atoms with van der Waals surface area (Å²) in [6.45, 7) is 13.3. The van der Waals surface area contributed by atoms with Crippen molar-refractivity contribution in [1.29, 1.82) is 0 Å². The molecule has 0 fully saturated rings. The predicted molar refractivity (Wildman–Crippen MR) is 120 cm³/mol. The predicted octanol–water partition coefficient (Wildman–Crippen LogP) is 5.95. The summed E-state index contributed by atoms with van der Waals surface area (Å²) in [6.07, 6.45) is 3.06. The number of methoxy groups -OCH3 is 2. The van der Waals surface area contributed by atoms with Crippen LogP contribution in [0.2, 0.25) is 0 Å².